The van der Waals surface area contributed by atoms with Crippen molar-refractivity contribution in [3.63, 3.8) is 0 Å². The highest BCUT2D eigenvalue weighted by atomic mass is 16.5. The van der Waals surface area contributed by atoms with E-state index in [1.807, 2.05) is 81.4 Å². The number of ketones is 1. The number of benzene rings is 2. The normalized spacial score (nSPS) is 12.3. The van der Waals surface area contributed by atoms with E-state index >= 15 is 0 Å². The topological polar surface area (TPSA) is 55.4 Å². The van der Waals surface area contributed by atoms with Crippen molar-refractivity contribution in [2.45, 2.75) is 39.8 Å². The summed E-state index contributed by atoms with van der Waals surface area (Å²) in [6.07, 6.45) is -0.298. The van der Waals surface area contributed by atoms with Crippen LogP contribution in [0.5, 0.6) is 0 Å². The van der Waals surface area contributed by atoms with E-state index in [4.69, 9.17) is 4.74 Å². The zero-order chi connectivity index (χ0) is 18.3. The molecule has 0 unspecified atom stereocenters. The van der Waals surface area contributed by atoms with Crippen LogP contribution in [-0.2, 0) is 16.1 Å². The number of ether oxygens (including phenoxy) is 1. The average Bonchev–Trinajstić information content (AvgIpc) is 2.60. The van der Waals surface area contributed by atoms with E-state index in [9.17, 15) is 9.59 Å². The molecule has 0 bridgehead atoms. The predicted octanol–water partition coefficient (Wildman–Crippen LogP) is 4.66. The first-order chi connectivity index (χ1) is 11.9. The fourth-order valence-electron chi connectivity index (χ4n) is 2.34. The Hall–Kier alpha value is -2.62. The minimum absolute atomic E-state index is 0.0877. The molecular weight excluding hydrogens is 314 g/mol. The van der Waals surface area contributed by atoms with Gasteiger partial charge in [0.2, 0.25) is 0 Å². The van der Waals surface area contributed by atoms with E-state index in [1.165, 1.54) is 0 Å². The number of alkyl carbamates (subject to hydrolysis) is 1. The van der Waals surface area contributed by atoms with E-state index in [0.717, 1.165) is 11.1 Å². The smallest absolute Gasteiger partial charge is 0.407 e. The van der Waals surface area contributed by atoms with Gasteiger partial charge in [0, 0.05) is 11.8 Å². The van der Waals surface area contributed by atoms with Crippen molar-refractivity contribution in [3.8, 4) is 0 Å². The molecule has 0 saturated carbocycles. The summed E-state index contributed by atoms with van der Waals surface area (Å²) in [5.41, 5.74) is 1.35. The first kappa shape index (κ1) is 18.7. The van der Waals surface area contributed by atoms with E-state index in [1.54, 1.807) is 0 Å². The second-order valence-corrected chi connectivity index (χ2v) is 7.05. The van der Waals surface area contributed by atoms with Gasteiger partial charge in [0.05, 0.1) is 6.04 Å². The molecular formula is C21H25NO3. The molecule has 0 spiro atoms. The molecule has 4 nitrogen and oxygen atoms in total. The third-order valence-electron chi connectivity index (χ3n) is 3.93. The average molecular weight is 339 g/mol. The molecule has 0 radical (unpaired) electrons. The highest BCUT2D eigenvalue weighted by Crippen LogP contribution is 2.24. The molecule has 0 fully saturated rings. The monoisotopic (exact) mass is 339 g/mol. The maximum Gasteiger partial charge on any atom is 0.407 e. The summed E-state index contributed by atoms with van der Waals surface area (Å²) >= 11 is 0. The van der Waals surface area contributed by atoms with Crippen LogP contribution in [0.25, 0.3) is 0 Å². The Labute approximate surface area is 149 Å². The number of Topliss-reactive ketones (excluding diaryl/α,β-unsaturated/α-hetero) is 1. The molecule has 0 aliphatic heterocycles. The highest BCUT2D eigenvalue weighted by molar-refractivity contribution is 5.84. The van der Waals surface area contributed by atoms with Gasteiger partial charge in [-0.05, 0) is 11.1 Å². The van der Waals surface area contributed by atoms with E-state index in [2.05, 4.69) is 5.32 Å². The van der Waals surface area contributed by atoms with Crippen LogP contribution in [0.15, 0.2) is 60.7 Å². The number of hydrogen-bond acceptors (Lipinski definition) is 3. The first-order valence-corrected chi connectivity index (χ1v) is 8.42. The molecule has 0 aromatic heterocycles. The number of carbonyl (C=O) groups excluding carboxylic acids is 2. The van der Waals surface area contributed by atoms with Crippen molar-refractivity contribution < 1.29 is 14.3 Å². The molecule has 0 aliphatic rings. The van der Waals surface area contributed by atoms with Crippen LogP contribution in [0, 0.1) is 5.41 Å². The van der Waals surface area contributed by atoms with Gasteiger partial charge in [0.15, 0.2) is 0 Å². The van der Waals surface area contributed by atoms with Gasteiger partial charge in [0.1, 0.15) is 12.4 Å². The van der Waals surface area contributed by atoms with Gasteiger partial charge in [-0.2, -0.15) is 0 Å². The Morgan fingerprint density at radius 2 is 1.52 bits per heavy atom. The van der Waals surface area contributed by atoms with Crippen LogP contribution in [-0.4, -0.2) is 11.9 Å². The molecule has 25 heavy (non-hydrogen) atoms. The molecule has 1 atom stereocenters. The molecule has 2 rings (SSSR count). The van der Waals surface area contributed by atoms with Crippen molar-refractivity contribution >= 4 is 11.9 Å². The van der Waals surface area contributed by atoms with Crippen molar-refractivity contribution in [2.75, 3.05) is 0 Å². The lowest BCUT2D eigenvalue weighted by atomic mass is 9.85. The maximum absolute atomic E-state index is 12.4. The Kier molecular flexibility index (Phi) is 6.34. The lowest BCUT2D eigenvalue weighted by Gasteiger charge is -2.23. The predicted molar refractivity (Wildman–Crippen MR) is 98.0 cm³/mol. The lowest BCUT2D eigenvalue weighted by molar-refractivity contribution is -0.126. The van der Waals surface area contributed by atoms with Crippen molar-refractivity contribution in [1.82, 2.24) is 5.32 Å². The summed E-state index contributed by atoms with van der Waals surface area (Å²) in [6.45, 7) is 5.84. The first-order valence-electron chi connectivity index (χ1n) is 8.42. The standard InChI is InChI=1S/C21H25NO3/c1-21(2,3)19(23)14-18(17-12-8-5-9-13-17)22-20(24)25-15-16-10-6-4-7-11-16/h4-13,18H,14-15H2,1-3H3,(H,22,24)/t18-/m0/s1. The number of rotatable bonds is 6. The minimum Gasteiger partial charge on any atom is -0.445 e. The van der Waals surface area contributed by atoms with Crippen LogP contribution in [0.1, 0.15) is 44.4 Å². The van der Waals surface area contributed by atoms with Crippen LogP contribution >= 0.6 is 0 Å². The van der Waals surface area contributed by atoms with E-state index in [0.29, 0.717) is 0 Å². The summed E-state index contributed by atoms with van der Waals surface area (Å²) in [5, 5.41) is 2.82. The summed E-state index contributed by atoms with van der Waals surface area (Å²) in [4.78, 5) is 24.6. The Morgan fingerprint density at radius 1 is 0.960 bits per heavy atom. The molecule has 0 heterocycles. The largest absolute Gasteiger partial charge is 0.445 e. The van der Waals surface area contributed by atoms with Gasteiger partial charge in [-0.1, -0.05) is 81.4 Å². The fraction of sp³-hybridized carbons (Fsp3) is 0.333. The minimum atomic E-state index is -0.528. The van der Waals surface area contributed by atoms with Gasteiger partial charge in [-0.15, -0.1) is 0 Å². The van der Waals surface area contributed by atoms with E-state index < -0.39 is 17.6 Å². The zero-order valence-corrected chi connectivity index (χ0v) is 15.0. The Morgan fingerprint density at radius 3 is 2.08 bits per heavy atom. The molecule has 132 valence electrons. The molecule has 0 saturated heterocycles. The highest BCUT2D eigenvalue weighted by Gasteiger charge is 2.26. The Balaban J connectivity index is 2.02. The van der Waals surface area contributed by atoms with E-state index in [-0.39, 0.29) is 18.8 Å². The molecule has 1 amide bonds. The summed E-state index contributed by atoms with van der Waals surface area (Å²) < 4.78 is 5.29. The molecule has 2 aromatic rings. The maximum atomic E-state index is 12.4. The van der Waals surface area contributed by atoms with Gasteiger partial charge >= 0.3 is 6.09 Å². The molecule has 0 aliphatic carbocycles. The van der Waals surface area contributed by atoms with Gasteiger partial charge in [-0.25, -0.2) is 4.79 Å². The second kappa shape index (κ2) is 8.47. The van der Waals surface area contributed by atoms with Crippen LogP contribution < -0.4 is 5.32 Å². The third-order valence-corrected chi connectivity index (χ3v) is 3.93. The third kappa shape index (κ3) is 6.07. The molecule has 1 N–H and O–H groups in total. The van der Waals surface area contributed by atoms with Crippen LogP contribution in [0.4, 0.5) is 4.79 Å². The second-order valence-electron chi connectivity index (χ2n) is 7.05. The summed E-state index contributed by atoms with van der Waals surface area (Å²) in [7, 11) is 0. The number of amides is 1. The SMILES string of the molecule is CC(C)(C)C(=O)C[C@H](NC(=O)OCc1ccccc1)c1ccccc1. The molecule has 4 heteroatoms. The molecule has 2 aromatic carbocycles. The fourth-order valence-corrected chi connectivity index (χ4v) is 2.34. The van der Waals surface area contributed by atoms with Crippen LogP contribution in [0.3, 0.4) is 0 Å². The number of hydrogen-bond donors (Lipinski definition) is 1. The quantitative estimate of drug-likeness (QED) is 0.833. The van der Waals surface area contributed by atoms with Gasteiger partial charge < -0.3 is 10.1 Å². The van der Waals surface area contributed by atoms with Crippen molar-refractivity contribution in [2.24, 2.45) is 5.41 Å². The van der Waals surface area contributed by atoms with Crippen molar-refractivity contribution in [3.05, 3.63) is 71.8 Å². The summed E-state index contributed by atoms with van der Waals surface area (Å²) in [5.74, 6) is 0.0877. The zero-order valence-electron chi connectivity index (χ0n) is 15.0. The number of nitrogens with one attached hydrogen (secondary N) is 1. The summed E-state index contributed by atoms with van der Waals surface area (Å²) in [6, 6.07) is 18.6. The number of carbonyl (C=O) groups is 2. The Bertz CT molecular complexity index is 690. The van der Waals surface area contributed by atoms with Crippen molar-refractivity contribution in [1.29, 1.82) is 0 Å². The van der Waals surface area contributed by atoms with Crippen LogP contribution in [0.2, 0.25) is 0 Å². The van der Waals surface area contributed by atoms with Gasteiger partial charge in [-0.3, -0.25) is 4.79 Å². The lowest BCUT2D eigenvalue weighted by Crippen LogP contribution is -2.33. The van der Waals surface area contributed by atoms with Gasteiger partial charge in [0.25, 0.3) is 0 Å².